The Morgan fingerprint density at radius 2 is 1.73 bits per heavy atom. The molecule has 2 aromatic carbocycles. The van der Waals surface area contributed by atoms with E-state index in [-0.39, 0.29) is 11.7 Å². The van der Waals surface area contributed by atoms with Crippen molar-refractivity contribution >= 4 is 28.7 Å². The Morgan fingerprint density at radius 3 is 2.38 bits per heavy atom. The molecule has 0 bridgehead atoms. The van der Waals surface area contributed by atoms with E-state index in [1.54, 1.807) is 0 Å². The molecule has 1 atom stereocenters. The van der Waals surface area contributed by atoms with Gasteiger partial charge in [-0.3, -0.25) is 0 Å². The van der Waals surface area contributed by atoms with E-state index < -0.39 is 11.6 Å². The van der Waals surface area contributed by atoms with Crippen molar-refractivity contribution in [2.75, 3.05) is 23.3 Å². The molecule has 1 fully saturated rings. The predicted octanol–water partition coefficient (Wildman–Crippen LogP) is 5.00. The molecular weight excluding hydrogens is 352 g/mol. The quantitative estimate of drug-likeness (QED) is 0.735. The van der Waals surface area contributed by atoms with Crippen LogP contribution in [0.4, 0.5) is 20.2 Å². The topological polar surface area (TPSA) is 27.3 Å². The van der Waals surface area contributed by atoms with Crippen LogP contribution in [0, 0.1) is 11.6 Å². The van der Waals surface area contributed by atoms with Crippen LogP contribution in [0.3, 0.4) is 0 Å². The monoisotopic (exact) mass is 375 g/mol. The highest BCUT2D eigenvalue weighted by molar-refractivity contribution is 7.80. The van der Waals surface area contributed by atoms with E-state index in [9.17, 15) is 8.78 Å². The van der Waals surface area contributed by atoms with E-state index >= 15 is 0 Å². The van der Waals surface area contributed by atoms with E-state index in [0.717, 1.165) is 24.7 Å². The van der Waals surface area contributed by atoms with Gasteiger partial charge in [0.05, 0.1) is 11.7 Å². The molecule has 0 unspecified atom stereocenters. The van der Waals surface area contributed by atoms with Crippen molar-refractivity contribution in [3.05, 3.63) is 59.7 Å². The maximum Gasteiger partial charge on any atom is 0.171 e. The lowest BCUT2D eigenvalue weighted by molar-refractivity contribution is 0.577. The molecule has 6 heteroatoms. The SMILES string of the molecule is C[C@H](NC(=S)Nc1ccc(F)cc1F)c1ccc(N2CCCCC2)cc1. The largest absolute Gasteiger partial charge is 0.372 e. The molecule has 0 spiro atoms. The highest BCUT2D eigenvalue weighted by Crippen LogP contribution is 2.22. The molecule has 0 aliphatic carbocycles. The molecule has 1 aliphatic heterocycles. The number of rotatable bonds is 4. The van der Waals surface area contributed by atoms with Crippen LogP contribution in [0.5, 0.6) is 0 Å². The van der Waals surface area contributed by atoms with Gasteiger partial charge in [-0.15, -0.1) is 0 Å². The first-order chi connectivity index (χ1) is 12.5. The van der Waals surface area contributed by atoms with Gasteiger partial charge in [-0.1, -0.05) is 12.1 Å². The number of nitrogens with zero attached hydrogens (tertiary/aromatic N) is 1. The molecule has 0 aromatic heterocycles. The summed E-state index contributed by atoms with van der Waals surface area (Å²) in [5.41, 5.74) is 2.49. The third kappa shape index (κ3) is 4.69. The molecule has 3 rings (SSSR count). The number of hydrogen-bond acceptors (Lipinski definition) is 2. The number of thiocarbonyl (C=S) groups is 1. The van der Waals surface area contributed by atoms with E-state index in [0.29, 0.717) is 5.11 Å². The second-order valence-electron chi connectivity index (χ2n) is 6.58. The third-order valence-corrected chi connectivity index (χ3v) is 4.86. The van der Waals surface area contributed by atoms with E-state index in [4.69, 9.17) is 12.2 Å². The highest BCUT2D eigenvalue weighted by Gasteiger charge is 2.13. The fourth-order valence-corrected chi connectivity index (χ4v) is 3.44. The molecule has 0 amide bonds. The predicted molar refractivity (Wildman–Crippen MR) is 107 cm³/mol. The Bertz CT molecular complexity index is 758. The maximum absolute atomic E-state index is 13.7. The molecule has 3 nitrogen and oxygen atoms in total. The van der Waals surface area contributed by atoms with Crippen molar-refractivity contribution in [3.8, 4) is 0 Å². The molecule has 0 saturated carbocycles. The first kappa shape index (κ1) is 18.6. The van der Waals surface area contributed by atoms with Crippen molar-refractivity contribution in [2.45, 2.75) is 32.2 Å². The summed E-state index contributed by atoms with van der Waals surface area (Å²) in [7, 11) is 0. The van der Waals surface area contributed by atoms with Crippen LogP contribution in [0.2, 0.25) is 0 Å². The van der Waals surface area contributed by atoms with Crippen LogP contribution in [0.1, 0.15) is 37.8 Å². The molecule has 1 aliphatic rings. The highest BCUT2D eigenvalue weighted by atomic mass is 32.1. The zero-order chi connectivity index (χ0) is 18.5. The molecule has 0 radical (unpaired) electrons. The van der Waals surface area contributed by atoms with Gasteiger partial charge in [0.1, 0.15) is 11.6 Å². The number of nitrogens with one attached hydrogen (secondary N) is 2. The van der Waals surface area contributed by atoms with Gasteiger partial charge in [0.15, 0.2) is 5.11 Å². The van der Waals surface area contributed by atoms with Crippen LogP contribution in [-0.2, 0) is 0 Å². The summed E-state index contributed by atoms with van der Waals surface area (Å²) in [5.74, 6) is -1.29. The molecular formula is C20H23F2N3S. The van der Waals surface area contributed by atoms with E-state index in [2.05, 4.69) is 39.8 Å². The van der Waals surface area contributed by atoms with Gasteiger partial charge in [-0.25, -0.2) is 8.78 Å². The molecule has 2 N–H and O–H groups in total. The van der Waals surface area contributed by atoms with Crippen LogP contribution < -0.4 is 15.5 Å². The summed E-state index contributed by atoms with van der Waals surface area (Å²) >= 11 is 5.24. The van der Waals surface area contributed by atoms with Gasteiger partial charge in [0.2, 0.25) is 0 Å². The zero-order valence-corrected chi connectivity index (χ0v) is 15.6. The average molecular weight is 375 g/mol. The van der Waals surface area contributed by atoms with Crippen molar-refractivity contribution in [3.63, 3.8) is 0 Å². The summed E-state index contributed by atoms with van der Waals surface area (Å²) in [5, 5.41) is 6.20. The minimum atomic E-state index is -0.673. The maximum atomic E-state index is 13.7. The van der Waals surface area contributed by atoms with Crippen LogP contribution in [0.15, 0.2) is 42.5 Å². The van der Waals surface area contributed by atoms with Gasteiger partial charge in [-0.2, -0.15) is 0 Å². The second kappa shape index (κ2) is 8.45. The summed E-state index contributed by atoms with van der Waals surface area (Å²) < 4.78 is 26.7. The minimum Gasteiger partial charge on any atom is -0.372 e. The lowest BCUT2D eigenvalue weighted by Crippen LogP contribution is -2.31. The van der Waals surface area contributed by atoms with Crippen LogP contribution in [-0.4, -0.2) is 18.2 Å². The van der Waals surface area contributed by atoms with E-state index in [1.165, 1.54) is 37.1 Å². The molecule has 26 heavy (non-hydrogen) atoms. The summed E-state index contributed by atoms with van der Waals surface area (Å²) in [6.45, 7) is 4.22. The van der Waals surface area contributed by atoms with Gasteiger partial charge >= 0.3 is 0 Å². The lowest BCUT2D eigenvalue weighted by Gasteiger charge is -2.29. The Morgan fingerprint density at radius 1 is 1.04 bits per heavy atom. The van der Waals surface area contributed by atoms with Crippen molar-refractivity contribution in [1.29, 1.82) is 0 Å². The zero-order valence-electron chi connectivity index (χ0n) is 14.8. The van der Waals surface area contributed by atoms with Gasteiger partial charge in [0, 0.05) is 24.8 Å². The average Bonchev–Trinajstić information content (AvgIpc) is 2.65. The third-order valence-electron chi connectivity index (χ3n) is 4.64. The smallest absolute Gasteiger partial charge is 0.171 e. The second-order valence-corrected chi connectivity index (χ2v) is 6.99. The molecule has 138 valence electrons. The normalized spacial score (nSPS) is 15.4. The Kier molecular flexibility index (Phi) is 6.04. The fourth-order valence-electron chi connectivity index (χ4n) is 3.16. The van der Waals surface area contributed by atoms with Gasteiger partial charge < -0.3 is 15.5 Å². The first-order valence-corrected chi connectivity index (χ1v) is 9.31. The van der Waals surface area contributed by atoms with Crippen LogP contribution >= 0.6 is 12.2 Å². The molecule has 1 saturated heterocycles. The number of halogens is 2. The number of piperidine rings is 1. The van der Waals surface area contributed by atoms with Crippen molar-refractivity contribution in [2.24, 2.45) is 0 Å². The van der Waals surface area contributed by atoms with Gasteiger partial charge in [0.25, 0.3) is 0 Å². The Labute approximate surface area is 158 Å². The van der Waals surface area contributed by atoms with E-state index in [1.807, 2.05) is 6.92 Å². The van der Waals surface area contributed by atoms with Crippen LogP contribution in [0.25, 0.3) is 0 Å². The minimum absolute atomic E-state index is 0.0334. The number of benzene rings is 2. The Hall–Kier alpha value is -2.21. The molecule has 1 heterocycles. The Balaban J connectivity index is 1.58. The first-order valence-electron chi connectivity index (χ1n) is 8.90. The van der Waals surface area contributed by atoms with Crippen molar-refractivity contribution < 1.29 is 8.78 Å². The van der Waals surface area contributed by atoms with Crippen molar-refractivity contribution in [1.82, 2.24) is 5.32 Å². The lowest BCUT2D eigenvalue weighted by atomic mass is 10.1. The molecule has 2 aromatic rings. The summed E-state index contributed by atoms with van der Waals surface area (Å²) in [6, 6.07) is 11.8. The fraction of sp³-hybridized carbons (Fsp3) is 0.350. The summed E-state index contributed by atoms with van der Waals surface area (Å²) in [4.78, 5) is 2.41. The van der Waals surface area contributed by atoms with Gasteiger partial charge in [-0.05, 0) is 68.2 Å². The summed E-state index contributed by atoms with van der Waals surface area (Å²) in [6.07, 6.45) is 3.81. The standard InChI is InChI=1S/C20H23F2N3S/c1-14(23-20(26)24-19-10-7-16(21)13-18(19)22)15-5-8-17(9-6-15)25-11-3-2-4-12-25/h5-10,13-14H,2-4,11-12H2,1H3,(H2,23,24,26)/t14-/m0/s1. The number of anilines is 2. The number of hydrogen-bond donors (Lipinski definition) is 2.